The van der Waals surface area contributed by atoms with Crippen molar-refractivity contribution in [2.75, 3.05) is 0 Å². The van der Waals surface area contributed by atoms with Gasteiger partial charge in [0.1, 0.15) is 31.9 Å². The number of benzene rings is 8. The number of nitrogens with two attached hydrogens (primary N) is 2. The Morgan fingerprint density at radius 1 is 0.455 bits per heavy atom. The van der Waals surface area contributed by atoms with Gasteiger partial charge in [-0.1, -0.05) is 62.0 Å². The summed E-state index contributed by atoms with van der Waals surface area (Å²) in [6.45, 7) is 15.4. The van der Waals surface area contributed by atoms with E-state index in [4.69, 9.17) is 46.2 Å². The number of nitriles is 2. The summed E-state index contributed by atoms with van der Waals surface area (Å²) in [4.78, 5) is 64.1. The summed E-state index contributed by atoms with van der Waals surface area (Å²) in [7, 11) is -1.50. The molecule has 584 valence electrons. The van der Waals surface area contributed by atoms with Crippen LogP contribution in [0.1, 0.15) is 141 Å². The highest BCUT2D eigenvalue weighted by Crippen LogP contribution is 2.40. The minimum atomic E-state index is -4.57. The summed E-state index contributed by atoms with van der Waals surface area (Å²) in [5, 5.41) is 47.7. The van der Waals surface area contributed by atoms with Crippen LogP contribution in [0.15, 0.2) is 175 Å². The number of rotatable bonds is 6. The zero-order chi connectivity index (χ0) is 82.4. The fourth-order valence-corrected chi connectivity index (χ4v) is 11.0. The Labute approximate surface area is 644 Å². The maximum absolute atomic E-state index is 13.2. The second kappa shape index (κ2) is 34.1. The average Bonchev–Trinajstić information content (AvgIpc) is 1.62. The van der Waals surface area contributed by atoms with Crippen LogP contribution < -0.4 is 16.9 Å². The molecule has 0 spiro atoms. The molecule has 0 saturated carbocycles. The number of aliphatic imine (C=N–C) groups is 1. The van der Waals surface area contributed by atoms with E-state index in [9.17, 15) is 76.7 Å². The van der Waals surface area contributed by atoms with E-state index in [0.717, 1.165) is 74.2 Å². The van der Waals surface area contributed by atoms with E-state index < -0.39 is 101 Å². The first-order valence-electron chi connectivity index (χ1n) is 32.5. The Kier molecular flexibility index (Phi) is 26.6. The lowest BCUT2D eigenvalue weighted by molar-refractivity contribution is -0.138. The van der Waals surface area contributed by atoms with Crippen LogP contribution in [0, 0.1) is 26.4 Å². The fourth-order valence-electron chi connectivity index (χ4n) is 10.4. The van der Waals surface area contributed by atoms with E-state index in [1.807, 2.05) is 12.1 Å². The average molecular weight is 1670 g/mol. The molecule has 0 fully saturated rings. The number of aromatic nitrogens is 6. The van der Waals surface area contributed by atoms with Crippen molar-refractivity contribution in [1.82, 2.24) is 29.3 Å². The molecule has 35 heteroatoms. The first-order chi connectivity index (χ1) is 51.4. The fraction of sp³-hybridized carbons (Fsp3) is 0.234. The molecule has 6 N–H and O–H groups in total. The number of carbonyl (C=O) groups is 5. The van der Waals surface area contributed by atoms with Gasteiger partial charge in [0.05, 0.1) is 74.3 Å². The third kappa shape index (κ3) is 22.2. The summed E-state index contributed by atoms with van der Waals surface area (Å²) < 4.78 is 175. The number of nitrogens with zero attached hydrogens (tertiary/aromatic N) is 9. The predicted octanol–water partition coefficient (Wildman–Crippen LogP) is 17.5. The molecular formula is C77H67BF12IN11O10. The van der Waals surface area contributed by atoms with Crippen LogP contribution in [0.3, 0.4) is 0 Å². The van der Waals surface area contributed by atoms with Crippen molar-refractivity contribution in [1.29, 1.82) is 10.5 Å². The van der Waals surface area contributed by atoms with Crippen LogP contribution in [-0.2, 0) is 45.5 Å². The first kappa shape index (κ1) is 87.3. The summed E-state index contributed by atoms with van der Waals surface area (Å²) in [6, 6.07) is 41.4. The Morgan fingerprint density at radius 3 is 1.21 bits per heavy atom. The van der Waals surface area contributed by atoms with Gasteiger partial charge in [-0.15, -0.1) is 0 Å². The van der Waals surface area contributed by atoms with Gasteiger partial charge in [0.2, 0.25) is 11.8 Å². The van der Waals surface area contributed by atoms with Gasteiger partial charge in [-0.2, -0.15) is 92.6 Å². The molecule has 0 unspecified atom stereocenters. The van der Waals surface area contributed by atoms with E-state index in [1.54, 1.807) is 146 Å². The standard InChI is InChI=1S/C20H18F3N3O3.C20H16F3N3O2.C16H11F3N2O.C13H12F3IN2O2.C7H6BNO2.CH4/c1-19(2,3)29-18(28)26-15-8-7-13(20(21,22)23)10-14(15)16(25-26)11-5-4-6-12(9-11)17(24)27;1-19(2,3)28-18(27)26-16-8-7-14(20(21,22)23)10-15(16)17(25-26)13-6-4-5-12(9-13)11-24;17-16(18,19)12-5-4-11-8-21-14(13(11)7-12)9-2-1-3-10(6-9)15(20)22;1-12(2,3)21-11(20)19-9-5-4-7(13(14,15)16)6-8(9)10(17)18-19;9-5-6-2-1-3-7(4-6)8(10)11;/h4-10H,1-3H3,(H2,24,27);4-10H,1-3H3;1-7H,8H2,(H2,20,22);4-6H,1-3H3;1-4,10-11H;1H4. The number of alkyl halides is 12. The topological polar surface area (TPSA) is 319 Å². The van der Waals surface area contributed by atoms with Gasteiger partial charge in [0.25, 0.3) is 0 Å². The van der Waals surface area contributed by atoms with Crippen LogP contribution in [0.25, 0.3) is 55.2 Å². The van der Waals surface area contributed by atoms with Crippen molar-refractivity contribution in [2.24, 2.45) is 16.5 Å². The summed E-state index contributed by atoms with van der Waals surface area (Å²) in [6.07, 6.45) is -20.3. The van der Waals surface area contributed by atoms with Crippen molar-refractivity contribution < 1.29 is 101 Å². The second-order valence-corrected chi connectivity index (χ2v) is 28.1. The number of amides is 2. The van der Waals surface area contributed by atoms with Crippen LogP contribution in [-0.4, -0.2) is 99.1 Å². The molecule has 0 atom stereocenters. The molecule has 112 heavy (non-hydrogen) atoms. The molecule has 1 aliphatic rings. The minimum absolute atomic E-state index is 0. The Balaban J connectivity index is 0.000000199. The van der Waals surface area contributed by atoms with Crippen molar-refractivity contribution in [3.63, 3.8) is 0 Å². The number of fused-ring (bicyclic) bond motifs is 4. The highest BCUT2D eigenvalue weighted by atomic mass is 127. The molecule has 11 aromatic rings. The lowest BCUT2D eigenvalue weighted by Crippen LogP contribution is -2.29. The smallest absolute Gasteiger partial charge is 0.442 e. The van der Waals surface area contributed by atoms with Gasteiger partial charge >= 0.3 is 50.1 Å². The molecule has 8 aromatic carbocycles. The number of hydrogen-bond donors (Lipinski definition) is 4. The summed E-state index contributed by atoms with van der Waals surface area (Å²) in [5.41, 5.74) is 10.3. The maximum Gasteiger partial charge on any atom is 0.488 e. The number of ether oxygens (including phenoxy) is 3. The molecule has 3 aromatic heterocycles. The molecule has 2 amide bonds. The molecule has 0 aliphatic carbocycles. The van der Waals surface area contributed by atoms with E-state index in [1.165, 1.54) is 54.6 Å². The monoisotopic (exact) mass is 1670 g/mol. The number of primary amides is 2. The largest absolute Gasteiger partial charge is 0.488 e. The number of halogens is 13. The molecule has 21 nitrogen and oxygen atoms in total. The quantitative estimate of drug-likeness (QED) is 0.0520. The minimum Gasteiger partial charge on any atom is -0.442 e. The Bertz CT molecular complexity index is 5520. The van der Waals surface area contributed by atoms with E-state index in [-0.39, 0.29) is 57.1 Å². The normalized spacial score (nSPS) is 12.1. The SMILES string of the molecule is C.CC(C)(C)OC(=O)n1nc(-c2cccc(C#N)c2)c2cc(C(F)(F)F)ccc21.CC(C)(C)OC(=O)n1nc(-c2cccc(C(N)=O)c2)c2cc(C(F)(F)F)ccc21.CC(C)(C)OC(=O)n1nc(I)c2cc(C(F)(F)F)ccc21.N#Cc1cccc(B(O)O)c1.NC(=O)c1cccc(C2=NCc3ccc(C(F)(F)F)cc32)c1. The zero-order valence-corrected chi connectivity index (χ0v) is 61.9. The third-order valence-corrected chi connectivity index (χ3v) is 16.0. The van der Waals surface area contributed by atoms with Gasteiger partial charge < -0.3 is 35.7 Å². The van der Waals surface area contributed by atoms with Crippen molar-refractivity contribution in [3.05, 3.63) is 235 Å². The van der Waals surface area contributed by atoms with Crippen molar-refractivity contribution in [2.45, 2.75) is 118 Å². The molecule has 0 bridgehead atoms. The van der Waals surface area contributed by atoms with Crippen LogP contribution in [0.2, 0.25) is 0 Å². The van der Waals surface area contributed by atoms with Crippen molar-refractivity contribution >= 4 is 104 Å². The lowest BCUT2D eigenvalue weighted by atomic mass is 9.80. The van der Waals surface area contributed by atoms with Crippen LogP contribution in [0.5, 0.6) is 0 Å². The molecule has 4 heterocycles. The zero-order valence-electron chi connectivity index (χ0n) is 59.7. The predicted molar refractivity (Wildman–Crippen MR) is 399 cm³/mol. The highest BCUT2D eigenvalue weighted by Gasteiger charge is 2.37. The number of carbonyl (C=O) groups excluding carboxylic acids is 5. The van der Waals surface area contributed by atoms with E-state index in [0.29, 0.717) is 60.4 Å². The first-order valence-corrected chi connectivity index (χ1v) is 33.6. The molecule has 1 aliphatic heterocycles. The lowest BCUT2D eigenvalue weighted by Gasteiger charge is -2.19. The van der Waals surface area contributed by atoms with Gasteiger partial charge in [0.15, 0.2) is 0 Å². The second-order valence-electron chi connectivity index (χ2n) is 27.1. The highest BCUT2D eigenvalue weighted by molar-refractivity contribution is 14.1. The van der Waals surface area contributed by atoms with Crippen LogP contribution >= 0.6 is 22.6 Å². The Morgan fingerprint density at radius 2 is 0.804 bits per heavy atom. The maximum atomic E-state index is 13.2. The van der Waals surface area contributed by atoms with E-state index in [2.05, 4.69) is 20.3 Å². The van der Waals surface area contributed by atoms with Crippen molar-refractivity contribution in [3.8, 4) is 34.7 Å². The molecular weight excluding hydrogens is 1600 g/mol. The number of hydrogen-bond acceptors (Lipinski definition) is 16. The third-order valence-electron chi connectivity index (χ3n) is 15.2. The summed E-state index contributed by atoms with van der Waals surface area (Å²) >= 11 is 1.79. The molecule has 12 rings (SSSR count). The van der Waals surface area contributed by atoms with Gasteiger partial charge in [-0.05, 0) is 211 Å². The molecule has 0 radical (unpaired) electrons. The Hall–Kier alpha value is -12.0. The van der Waals surface area contributed by atoms with Gasteiger partial charge in [-0.25, -0.2) is 14.4 Å². The van der Waals surface area contributed by atoms with Crippen LogP contribution in [0.4, 0.5) is 67.1 Å². The van der Waals surface area contributed by atoms with Gasteiger partial charge in [-0.3, -0.25) is 14.6 Å². The van der Waals surface area contributed by atoms with Gasteiger partial charge in [0, 0.05) is 49.5 Å². The summed E-state index contributed by atoms with van der Waals surface area (Å²) in [5.74, 6) is -1.29. The van der Waals surface area contributed by atoms with E-state index >= 15 is 0 Å². The molecule has 0 saturated heterocycles.